The summed E-state index contributed by atoms with van der Waals surface area (Å²) in [5.74, 6) is 0.547. The number of halogens is 1. The molecule has 1 unspecified atom stereocenters. The van der Waals surface area contributed by atoms with Crippen LogP contribution in [0.5, 0.6) is 0 Å². The van der Waals surface area contributed by atoms with Gasteiger partial charge in [-0.25, -0.2) is 0 Å². The van der Waals surface area contributed by atoms with Gasteiger partial charge in [-0.15, -0.1) is 0 Å². The zero-order valence-corrected chi connectivity index (χ0v) is 9.08. The Hall–Kier alpha value is -0.0105. The third kappa shape index (κ3) is 3.16. The van der Waals surface area contributed by atoms with E-state index in [2.05, 4.69) is 12.1 Å². The van der Waals surface area contributed by atoms with E-state index in [9.17, 15) is 0 Å². The van der Waals surface area contributed by atoms with E-state index in [-0.39, 0.29) is 11.4 Å². The number of hydrogen-bond acceptors (Lipinski definition) is 1. The zero-order valence-electron chi connectivity index (χ0n) is 6.61. The Bertz CT molecular complexity index is 211. The van der Waals surface area contributed by atoms with Gasteiger partial charge in [0.05, 0.1) is 0 Å². The second-order valence-electron chi connectivity index (χ2n) is 2.39. The Kier molecular flexibility index (Phi) is 4.70. The molecule has 0 heterocycles. The molecule has 1 atom stereocenters. The molecule has 0 amide bonds. The number of rotatable bonds is 4. The molecular weight excluding hydrogens is 239 g/mol. The van der Waals surface area contributed by atoms with E-state index < -0.39 is 0 Å². The molecule has 0 fully saturated rings. The fraction of sp³-hybridized carbons (Fsp3) is 0.333. The SMILES string of the molecule is OCC(CCl)[Se]c1ccccc1. The molecule has 0 bridgehead atoms. The molecule has 1 aromatic carbocycles. The van der Waals surface area contributed by atoms with Gasteiger partial charge in [0.15, 0.2) is 0 Å². The van der Waals surface area contributed by atoms with Crippen molar-refractivity contribution in [3.05, 3.63) is 30.3 Å². The average Bonchev–Trinajstić information content (AvgIpc) is 2.16. The third-order valence-electron chi connectivity index (χ3n) is 1.42. The molecule has 1 rings (SSSR count). The Balaban J connectivity index is 2.51. The van der Waals surface area contributed by atoms with Crippen LogP contribution in [0.1, 0.15) is 0 Å². The molecule has 1 nitrogen and oxygen atoms in total. The molecule has 0 saturated carbocycles. The minimum absolute atomic E-state index is 0.193. The van der Waals surface area contributed by atoms with Crippen molar-refractivity contribution >= 4 is 31.0 Å². The van der Waals surface area contributed by atoms with E-state index >= 15 is 0 Å². The number of benzene rings is 1. The van der Waals surface area contributed by atoms with Gasteiger partial charge in [0.25, 0.3) is 0 Å². The fourth-order valence-corrected chi connectivity index (χ4v) is 2.99. The normalized spacial score (nSPS) is 12.8. The molecule has 0 spiro atoms. The summed E-state index contributed by atoms with van der Waals surface area (Å²) < 4.78 is 1.30. The van der Waals surface area contributed by atoms with Crippen LogP contribution in [0.15, 0.2) is 30.3 Å². The number of aliphatic hydroxyl groups excluding tert-OH is 1. The molecular formula is C9H11ClOSe. The van der Waals surface area contributed by atoms with E-state index in [0.717, 1.165) is 0 Å². The van der Waals surface area contributed by atoms with Crippen LogP contribution in [-0.2, 0) is 0 Å². The van der Waals surface area contributed by atoms with Crippen molar-refractivity contribution in [2.45, 2.75) is 4.82 Å². The predicted molar refractivity (Wildman–Crippen MR) is 53.4 cm³/mol. The zero-order chi connectivity index (χ0) is 8.81. The van der Waals surface area contributed by atoms with E-state index in [4.69, 9.17) is 16.7 Å². The summed E-state index contributed by atoms with van der Waals surface area (Å²) in [6, 6.07) is 10.2. The molecule has 12 heavy (non-hydrogen) atoms. The standard InChI is InChI=1S/C9H11ClOSe/c10-6-9(7-11)12-8-4-2-1-3-5-8/h1-5,9,11H,6-7H2. The maximum absolute atomic E-state index is 8.92. The summed E-state index contributed by atoms with van der Waals surface area (Å²) in [6.45, 7) is 0.193. The van der Waals surface area contributed by atoms with Gasteiger partial charge in [0.2, 0.25) is 0 Å². The van der Waals surface area contributed by atoms with Gasteiger partial charge in [0.1, 0.15) is 0 Å². The second kappa shape index (κ2) is 5.60. The van der Waals surface area contributed by atoms with Crippen LogP contribution in [0.4, 0.5) is 0 Å². The van der Waals surface area contributed by atoms with Crippen molar-refractivity contribution in [2.75, 3.05) is 12.5 Å². The van der Waals surface area contributed by atoms with Crippen LogP contribution >= 0.6 is 11.6 Å². The summed E-state index contributed by atoms with van der Waals surface area (Å²) in [5.41, 5.74) is 0. The van der Waals surface area contributed by atoms with E-state index in [0.29, 0.717) is 20.8 Å². The minimum atomic E-state index is 0.193. The van der Waals surface area contributed by atoms with Crippen molar-refractivity contribution in [1.82, 2.24) is 0 Å². The van der Waals surface area contributed by atoms with Gasteiger partial charge in [0, 0.05) is 0 Å². The molecule has 0 aliphatic heterocycles. The first-order valence-electron chi connectivity index (χ1n) is 3.75. The topological polar surface area (TPSA) is 20.2 Å². The van der Waals surface area contributed by atoms with Gasteiger partial charge in [-0.1, -0.05) is 0 Å². The molecule has 0 aromatic heterocycles. The maximum atomic E-state index is 8.92. The Morgan fingerprint density at radius 1 is 1.33 bits per heavy atom. The van der Waals surface area contributed by atoms with E-state index in [1.807, 2.05) is 18.2 Å². The summed E-state index contributed by atoms with van der Waals surface area (Å²) >= 11 is 5.98. The molecule has 1 N–H and O–H groups in total. The Morgan fingerprint density at radius 3 is 2.50 bits per heavy atom. The molecule has 0 aliphatic carbocycles. The van der Waals surface area contributed by atoms with Gasteiger partial charge >= 0.3 is 83.8 Å². The second-order valence-corrected chi connectivity index (χ2v) is 5.58. The van der Waals surface area contributed by atoms with E-state index in [1.165, 1.54) is 4.46 Å². The van der Waals surface area contributed by atoms with Gasteiger partial charge in [-0.3, -0.25) is 0 Å². The van der Waals surface area contributed by atoms with Crippen LogP contribution in [0.3, 0.4) is 0 Å². The Labute approximate surface area is 83.9 Å². The number of hydrogen-bond donors (Lipinski definition) is 1. The monoisotopic (exact) mass is 250 g/mol. The first kappa shape index (κ1) is 10.1. The quantitative estimate of drug-likeness (QED) is 0.624. The first-order chi connectivity index (χ1) is 5.86. The van der Waals surface area contributed by atoms with Crippen molar-refractivity contribution < 1.29 is 5.11 Å². The fourth-order valence-electron chi connectivity index (χ4n) is 0.809. The van der Waals surface area contributed by atoms with Crippen LogP contribution in [0.25, 0.3) is 0 Å². The molecule has 1 aromatic rings. The molecule has 0 radical (unpaired) electrons. The van der Waals surface area contributed by atoms with Crippen LogP contribution in [0.2, 0.25) is 4.82 Å². The molecule has 0 saturated heterocycles. The molecule has 3 heteroatoms. The number of aliphatic hydroxyl groups is 1. The van der Waals surface area contributed by atoms with Crippen LogP contribution in [0, 0.1) is 0 Å². The third-order valence-corrected chi connectivity index (χ3v) is 4.71. The number of alkyl halides is 1. The van der Waals surface area contributed by atoms with Crippen LogP contribution < -0.4 is 4.46 Å². The van der Waals surface area contributed by atoms with Gasteiger partial charge in [-0.2, -0.15) is 0 Å². The predicted octanol–water partition coefficient (Wildman–Crippen LogP) is 1.04. The summed E-state index contributed by atoms with van der Waals surface area (Å²) in [6.07, 6.45) is 0. The van der Waals surface area contributed by atoms with E-state index in [1.54, 1.807) is 0 Å². The van der Waals surface area contributed by atoms with Crippen molar-refractivity contribution in [3.63, 3.8) is 0 Å². The first-order valence-corrected chi connectivity index (χ1v) is 6.13. The average molecular weight is 250 g/mol. The summed E-state index contributed by atoms with van der Waals surface area (Å²) in [7, 11) is 0. The van der Waals surface area contributed by atoms with Gasteiger partial charge < -0.3 is 0 Å². The summed E-state index contributed by atoms with van der Waals surface area (Å²) in [5, 5.41) is 8.92. The molecule has 0 aliphatic rings. The molecule has 66 valence electrons. The Morgan fingerprint density at radius 2 is 2.00 bits per heavy atom. The van der Waals surface area contributed by atoms with Gasteiger partial charge in [-0.05, 0) is 0 Å². The van der Waals surface area contributed by atoms with Crippen molar-refractivity contribution in [1.29, 1.82) is 0 Å². The van der Waals surface area contributed by atoms with Crippen molar-refractivity contribution in [2.24, 2.45) is 0 Å². The van der Waals surface area contributed by atoms with Crippen LogP contribution in [-0.4, -0.2) is 32.6 Å². The summed E-state index contributed by atoms with van der Waals surface area (Å²) in [4.78, 5) is 0.251. The van der Waals surface area contributed by atoms with Crippen molar-refractivity contribution in [3.8, 4) is 0 Å².